The topological polar surface area (TPSA) is 55.3 Å². The molecule has 1 fully saturated rings. The fourth-order valence-corrected chi connectivity index (χ4v) is 2.58. The van der Waals surface area contributed by atoms with Crippen molar-refractivity contribution >= 4 is 11.8 Å². The molecule has 0 radical (unpaired) electrons. The molecule has 2 rings (SSSR count). The number of rotatable bonds is 4. The third-order valence-electron chi connectivity index (χ3n) is 4.58. The van der Waals surface area contributed by atoms with E-state index >= 15 is 0 Å². The average Bonchev–Trinajstić information content (AvgIpc) is 2.54. The van der Waals surface area contributed by atoms with Gasteiger partial charge in [0, 0.05) is 24.6 Å². The molecular formula is C16H25N3O2. The minimum Gasteiger partial charge on any atom is -0.469 e. The molecule has 2 heterocycles. The van der Waals surface area contributed by atoms with E-state index in [2.05, 4.69) is 41.7 Å². The van der Waals surface area contributed by atoms with Crippen molar-refractivity contribution in [2.75, 3.05) is 25.1 Å². The van der Waals surface area contributed by atoms with E-state index in [-0.39, 0.29) is 17.3 Å². The number of nitrogens with zero attached hydrogens (tertiary/aromatic N) is 3. The Kier molecular flexibility index (Phi) is 4.80. The Hall–Kier alpha value is -1.65. The number of piperidine rings is 1. The Morgan fingerprint density at radius 3 is 2.62 bits per heavy atom. The van der Waals surface area contributed by atoms with Crippen LogP contribution in [-0.2, 0) is 14.9 Å². The zero-order valence-electron chi connectivity index (χ0n) is 13.4. The molecule has 0 aliphatic carbocycles. The summed E-state index contributed by atoms with van der Waals surface area (Å²) in [6.45, 7) is 8.24. The van der Waals surface area contributed by atoms with Crippen LogP contribution in [0.3, 0.4) is 0 Å². The monoisotopic (exact) mass is 291 g/mol. The van der Waals surface area contributed by atoms with Gasteiger partial charge in [0.25, 0.3) is 0 Å². The standard InChI is InChI=1S/C16H25N3O2/c1-5-16(2,3)13-10-14(18-11-17-13)19-8-6-12(7-9-19)15(20)21-4/h10-12H,5-9H2,1-4H3. The lowest BCUT2D eigenvalue weighted by atomic mass is 9.86. The molecule has 1 saturated heterocycles. The van der Waals surface area contributed by atoms with Gasteiger partial charge in [0.1, 0.15) is 12.1 Å². The second-order valence-corrected chi connectivity index (χ2v) is 6.28. The smallest absolute Gasteiger partial charge is 0.308 e. The molecule has 0 unspecified atom stereocenters. The molecule has 0 spiro atoms. The van der Waals surface area contributed by atoms with Gasteiger partial charge in [0.2, 0.25) is 0 Å². The van der Waals surface area contributed by atoms with Gasteiger partial charge in [-0.15, -0.1) is 0 Å². The first-order valence-corrected chi connectivity index (χ1v) is 7.63. The molecular weight excluding hydrogens is 266 g/mol. The summed E-state index contributed by atoms with van der Waals surface area (Å²) in [5.41, 5.74) is 1.13. The second-order valence-electron chi connectivity index (χ2n) is 6.28. The van der Waals surface area contributed by atoms with Crippen LogP contribution in [0.25, 0.3) is 0 Å². The zero-order chi connectivity index (χ0) is 15.5. The number of carbonyl (C=O) groups excluding carboxylic acids is 1. The van der Waals surface area contributed by atoms with E-state index in [1.807, 2.05) is 0 Å². The lowest BCUT2D eigenvalue weighted by Crippen LogP contribution is -2.37. The Bertz CT molecular complexity index is 494. The van der Waals surface area contributed by atoms with E-state index in [4.69, 9.17) is 4.74 Å². The van der Waals surface area contributed by atoms with Gasteiger partial charge in [-0.1, -0.05) is 20.8 Å². The van der Waals surface area contributed by atoms with Gasteiger partial charge in [-0.25, -0.2) is 9.97 Å². The third-order valence-corrected chi connectivity index (χ3v) is 4.58. The van der Waals surface area contributed by atoms with Crippen molar-refractivity contribution in [3.8, 4) is 0 Å². The maximum absolute atomic E-state index is 11.6. The van der Waals surface area contributed by atoms with E-state index in [0.29, 0.717) is 0 Å². The average molecular weight is 291 g/mol. The van der Waals surface area contributed by atoms with E-state index in [0.717, 1.165) is 43.9 Å². The lowest BCUT2D eigenvalue weighted by molar-refractivity contribution is -0.146. The minimum atomic E-state index is -0.0925. The Balaban J connectivity index is 2.07. The number of ether oxygens (including phenoxy) is 1. The largest absolute Gasteiger partial charge is 0.469 e. The quantitative estimate of drug-likeness (QED) is 0.798. The summed E-state index contributed by atoms with van der Waals surface area (Å²) in [7, 11) is 1.46. The first kappa shape index (κ1) is 15.7. The number of hydrogen-bond acceptors (Lipinski definition) is 5. The lowest BCUT2D eigenvalue weighted by Gasteiger charge is -2.32. The van der Waals surface area contributed by atoms with Crippen molar-refractivity contribution in [3.63, 3.8) is 0 Å². The molecule has 1 aromatic rings. The molecule has 0 aromatic carbocycles. The summed E-state index contributed by atoms with van der Waals surface area (Å²) in [6, 6.07) is 2.09. The van der Waals surface area contributed by atoms with Gasteiger partial charge < -0.3 is 9.64 Å². The summed E-state index contributed by atoms with van der Waals surface area (Å²) in [5, 5.41) is 0. The number of aromatic nitrogens is 2. The molecule has 0 amide bonds. The van der Waals surface area contributed by atoms with Crippen molar-refractivity contribution < 1.29 is 9.53 Å². The molecule has 1 aliphatic heterocycles. The maximum atomic E-state index is 11.6. The van der Waals surface area contributed by atoms with E-state index in [1.54, 1.807) is 6.33 Å². The zero-order valence-corrected chi connectivity index (χ0v) is 13.4. The molecule has 1 aromatic heterocycles. The highest BCUT2D eigenvalue weighted by molar-refractivity contribution is 5.72. The first-order valence-electron chi connectivity index (χ1n) is 7.63. The molecule has 0 bridgehead atoms. The normalized spacial score (nSPS) is 16.9. The molecule has 5 heteroatoms. The Morgan fingerprint density at radius 2 is 2.05 bits per heavy atom. The number of hydrogen-bond donors (Lipinski definition) is 0. The highest BCUT2D eigenvalue weighted by atomic mass is 16.5. The van der Waals surface area contributed by atoms with Crippen molar-refractivity contribution in [1.29, 1.82) is 0 Å². The summed E-state index contributed by atoms with van der Waals surface area (Å²) >= 11 is 0. The maximum Gasteiger partial charge on any atom is 0.308 e. The number of anilines is 1. The molecule has 0 N–H and O–H groups in total. The van der Waals surface area contributed by atoms with Gasteiger partial charge in [-0.3, -0.25) is 4.79 Å². The number of methoxy groups -OCH3 is 1. The third kappa shape index (κ3) is 3.52. The molecule has 116 valence electrons. The van der Waals surface area contributed by atoms with Crippen LogP contribution in [0.15, 0.2) is 12.4 Å². The highest BCUT2D eigenvalue weighted by Gasteiger charge is 2.27. The SMILES string of the molecule is CCC(C)(C)c1cc(N2CCC(C(=O)OC)CC2)ncn1. The van der Waals surface area contributed by atoms with E-state index < -0.39 is 0 Å². The van der Waals surface area contributed by atoms with Crippen LogP contribution in [0.1, 0.15) is 45.7 Å². The van der Waals surface area contributed by atoms with Gasteiger partial charge in [0.05, 0.1) is 18.7 Å². The number of carbonyl (C=O) groups is 1. The van der Waals surface area contributed by atoms with Crippen LogP contribution in [0.2, 0.25) is 0 Å². The molecule has 1 aliphatic rings. The fraction of sp³-hybridized carbons (Fsp3) is 0.688. The van der Waals surface area contributed by atoms with Gasteiger partial charge in [-0.05, 0) is 19.3 Å². The minimum absolute atomic E-state index is 0.0274. The molecule has 21 heavy (non-hydrogen) atoms. The Labute approximate surface area is 126 Å². The van der Waals surface area contributed by atoms with Crippen LogP contribution < -0.4 is 4.90 Å². The predicted octanol–water partition coefficient (Wildman–Crippen LogP) is 2.55. The molecule has 5 nitrogen and oxygen atoms in total. The van der Waals surface area contributed by atoms with Crippen LogP contribution in [0.5, 0.6) is 0 Å². The number of esters is 1. The first-order chi connectivity index (χ1) is 9.97. The highest BCUT2D eigenvalue weighted by Crippen LogP contribution is 2.28. The summed E-state index contributed by atoms with van der Waals surface area (Å²) in [4.78, 5) is 22.6. The summed E-state index contributed by atoms with van der Waals surface area (Å²) in [6.07, 6.45) is 4.33. The predicted molar refractivity (Wildman–Crippen MR) is 82.3 cm³/mol. The second kappa shape index (κ2) is 6.41. The van der Waals surface area contributed by atoms with Crippen molar-refractivity contribution in [2.45, 2.75) is 45.4 Å². The van der Waals surface area contributed by atoms with Gasteiger partial charge in [0.15, 0.2) is 0 Å². The summed E-state index contributed by atoms with van der Waals surface area (Å²) in [5.74, 6) is 0.898. The molecule has 0 atom stereocenters. The van der Waals surface area contributed by atoms with Crippen LogP contribution >= 0.6 is 0 Å². The van der Waals surface area contributed by atoms with Crippen molar-refractivity contribution in [1.82, 2.24) is 9.97 Å². The van der Waals surface area contributed by atoms with E-state index in [9.17, 15) is 4.79 Å². The van der Waals surface area contributed by atoms with Crippen LogP contribution in [0, 0.1) is 5.92 Å². The fourth-order valence-electron chi connectivity index (χ4n) is 2.58. The van der Waals surface area contributed by atoms with E-state index in [1.165, 1.54) is 7.11 Å². The van der Waals surface area contributed by atoms with Crippen LogP contribution in [-0.4, -0.2) is 36.1 Å². The van der Waals surface area contributed by atoms with Crippen molar-refractivity contribution in [3.05, 3.63) is 18.1 Å². The molecule has 0 saturated carbocycles. The Morgan fingerprint density at radius 1 is 1.38 bits per heavy atom. The van der Waals surface area contributed by atoms with Gasteiger partial charge >= 0.3 is 5.97 Å². The summed E-state index contributed by atoms with van der Waals surface area (Å²) < 4.78 is 4.83. The van der Waals surface area contributed by atoms with Gasteiger partial charge in [-0.2, -0.15) is 0 Å². The van der Waals surface area contributed by atoms with Crippen LogP contribution in [0.4, 0.5) is 5.82 Å². The van der Waals surface area contributed by atoms with Crippen molar-refractivity contribution in [2.24, 2.45) is 5.92 Å².